The number of hydrogen-bond donors (Lipinski definition) is 0. The molecule has 0 N–H and O–H groups in total. The first-order valence-electron chi connectivity index (χ1n) is 4.42. The molecule has 0 aliphatic heterocycles. The quantitative estimate of drug-likeness (QED) is 0.740. The van der Waals surface area contributed by atoms with E-state index in [4.69, 9.17) is 11.6 Å². The Kier molecular flexibility index (Phi) is 5.32. The maximum absolute atomic E-state index is 12.0. The van der Waals surface area contributed by atoms with Gasteiger partial charge in [0.15, 0.2) is 0 Å². The average Bonchev–Trinajstić information content (AvgIpc) is 2.12. The molecule has 0 amide bonds. The van der Waals surface area contributed by atoms with Crippen LogP contribution < -0.4 is 4.74 Å². The van der Waals surface area contributed by atoms with E-state index in [-0.39, 0.29) is 5.75 Å². The van der Waals surface area contributed by atoms with Crippen molar-refractivity contribution >= 4 is 27.5 Å². The number of ether oxygens (including phenoxy) is 1. The highest BCUT2D eigenvalue weighted by molar-refractivity contribution is 9.10. The van der Waals surface area contributed by atoms with Gasteiger partial charge in [0.05, 0.1) is 0 Å². The first kappa shape index (κ1) is 12.7. The Morgan fingerprint density at radius 3 is 2.67 bits per heavy atom. The van der Waals surface area contributed by atoms with E-state index in [1.807, 2.05) is 6.07 Å². The van der Waals surface area contributed by atoms with Gasteiger partial charge < -0.3 is 4.74 Å². The lowest BCUT2D eigenvalue weighted by molar-refractivity contribution is -0.0499. The van der Waals surface area contributed by atoms with Gasteiger partial charge in [-0.1, -0.05) is 15.9 Å². The second kappa shape index (κ2) is 6.28. The lowest BCUT2D eigenvalue weighted by Crippen LogP contribution is -2.02. The van der Waals surface area contributed by atoms with Gasteiger partial charge in [-0.05, 0) is 36.6 Å². The van der Waals surface area contributed by atoms with E-state index in [1.54, 1.807) is 6.07 Å². The van der Waals surface area contributed by atoms with Crippen molar-refractivity contribution in [2.45, 2.75) is 19.5 Å². The number of benzene rings is 1. The molecule has 1 aromatic carbocycles. The second-order valence-electron chi connectivity index (χ2n) is 2.97. The zero-order valence-electron chi connectivity index (χ0n) is 7.85. The Morgan fingerprint density at radius 2 is 2.07 bits per heavy atom. The summed E-state index contributed by atoms with van der Waals surface area (Å²) in [5.41, 5.74) is 0.931. The second-order valence-corrected chi connectivity index (χ2v) is 4.26. The van der Waals surface area contributed by atoms with Crippen LogP contribution in [0.2, 0.25) is 0 Å². The van der Waals surface area contributed by atoms with E-state index in [1.165, 1.54) is 6.07 Å². The molecule has 0 aromatic heterocycles. The Morgan fingerprint density at radius 1 is 1.33 bits per heavy atom. The molecule has 0 aliphatic carbocycles. The molecule has 84 valence electrons. The zero-order chi connectivity index (χ0) is 11.3. The molecule has 1 nitrogen and oxygen atoms in total. The average molecular weight is 300 g/mol. The highest BCUT2D eigenvalue weighted by Gasteiger charge is 2.06. The fourth-order valence-electron chi connectivity index (χ4n) is 1.21. The molecule has 15 heavy (non-hydrogen) atoms. The maximum Gasteiger partial charge on any atom is 0.387 e. The molecule has 0 radical (unpaired) electrons. The van der Waals surface area contributed by atoms with E-state index >= 15 is 0 Å². The van der Waals surface area contributed by atoms with Crippen molar-refractivity contribution in [3.05, 3.63) is 28.2 Å². The molecule has 0 atom stereocenters. The molecule has 0 fully saturated rings. The van der Waals surface area contributed by atoms with Crippen LogP contribution >= 0.6 is 27.5 Å². The van der Waals surface area contributed by atoms with Crippen molar-refractivity contribution in [2.75, 3.05) is 5.88 Å². The van der Waals surface area contributed by atoms with Crippen LogP contribution in [0, 0.1) is 0 Å². The minimum absolute atomic E-state index is 0.170. The highest BCUT2D eigenvalue weighted by Crippen LogP contribution is 2.23. The van der Waals surface area contributed by atoms with Gasteiger partial charge in [-0.2, -0.15) is 8.78 Å². The minimum atomic E-state index is -2.79. The van der Waals surface area contributed by atoms with Gasteiger partial charge in [-0.15, -0.1) is 11.6 Å². The van der Waals surface area contributed by atoms with Crippen LogP contribution in [0.25, 0.3) is 0 Å². The summed E-state index contributed by atoms with van der Waals surface area (Å²) in [5, 5.41) is 0. The Balaban J connectivity index is 2.75. The number of aryl methyl sites for hydroxylation is 1. The van der Waals surface area contributed by atoms with Crippen molar-refractivity contribution in [1.29, 1.82) is 0 Å². The summed E-state index contributed by atoms with van der Waals surface area (Å²) in [4.78, 5) is 0. The third kappa shape index (κ3) is 4.80. The normalized spacial score (nSPS) is 10.7. The largest absolute Gasteiger partial charge is 0.435 e. The van der Waals surface area contributed by atoms with Gasteiger partial charge in [-0.3, -0.25) is 0 Å². The first-order chi connectivity index (χ1) is 7.11. The Bertz CT molecular complexity index is 320. The lowest BCUT2D eigenvalue weighted by Gasteiger charge is -2.07. The van der Waals surface area contributed by atoms with Crippen LogP contribution in [0.3, 0.4) is 0 Å². The van der Waals surface area contributed by atoms with Crippen LogP contribution in [0.1, 0.15) is 12.0 Å². The van der Waals surface area contributed by atoms with Crippen LogP contribution in [0.15, 0.2) is 22.7 Å². The highest BCUT2D eigenvalue weighted by atomic mass is 79.9. The van der Waals surface area contributed by atoms with Crippen LogP contribution in [-0.4, -0.2) is 12.5 Å². The van der Waals surface area contributed by atoms with Crippen molar-refractivity contribution < 1.29 is 13.5 Å². The third-order valence-corrected chi connectivity index (χ3v) is 2.48. The SMILES string of the molecule is FC(F)Oc1cc(Br)cc(CCCCl)c1. The zero-order valence-corrected chi connectivity index (χ0v) is 10.2. The molecule has 0 bridgehead atoms. The predicted molar refractivity (Wildman–Crippen MR) is 59.8 cm³/mol. The number of rotatable bonds is 5. The monoisotopic (exact) mass is 298 g/mol. The van der Waals surface area contributed by atoms with Crippen LogP contribution in [0.5, 0.6) is 5.75 Å². The van der Waals surface area contributed by atoms with E-state index in [0.717, 1.165) is 22.9 Å². The van der Waals surface area contributed by atoms with Gasteiger partial charge in [0.2, 0.25) is 0 Å². The standard InChI is InChI=1S/C10H10BrClF2O/c11-8-4-7(2-1-3-12)5-9(6-8)15-10(13)14/h4-6,10H,1-3H2. The van der Waals surface area contributed by atoms with E-state index in [2.05, 4.69) is 20.7 Å². The Labute approximate surface area is 101 Å². The van der Waals surface area contributed by atoms with Gasteiger partial charge in [0, 0.05) is 10.4 Å². The first-order valence-corrected chi connectivity index (χ1v) is 5.75. The van der Waals surface area contributed by atoms with Gasteiger partial charge in [-0.25, -0.2) is 0 Å². The molecule has 0 spiro atoms. The molecular weight excluding hydrogens is 289 g/mol. The number of alkyl halides is 3. The van der Waals surface area contributed by atoms with Crippen molar-refractivity contribution in [2.24, 2.45) is 0 Å². The molecular formula is C10H10BrClF2O. The number of hydrogen-bond acceptors (Lipinski definition) is 1. The van der Waals surface area contributed by atoms with Gasteiger partial charge >= 0.3 is 6.61 Å². The summed E-state index contributed by atoms with van der Waals surface area (Å²) >= 11 is 8.79. The van der Waals surface area contributed by atoms with Gasteiger partial charge in [0.1, 0.15) is 5.75 Å². The summed E-state index contributed by atoms with van der Waals surface area (Å²) in [6.07, 6.45) is 1.56. The van der Waals surface area contributed by atoms with E-state index < -0.39 is 6.61 Å². The summed E-state index contributed by atoms with van der Waals surface area (Å²) in [6, 6.07) is 4.98. The van der Waals surface area contributed by atoms with Crippen molar-refractivity contribution in [1.82, 2.24) is 0 Å². The summed E-state index contributed by atoms with van der Waals surface area (Å²) in [6.45, 7) is -2.79. The molecule has 0 saturated carbocycles. The summed E-state index contributed by atoms with van der Waals surface area (Å²) in [7, 11) is 0. The van der Waals surface area contributed by atoms with Crippen LogP contribution in [0.4, 0.5) is 8.78 Å². The molecule has 1 rings (SSSR count). The molecule has 1 aromatic rings. The molecule has 5 heteroatoms. The van der Waals surface area contributed by atoms with Crippen molar-refractivity contribution in [3.8, 4) is 5.75 Å². The number of halogens is 4. The molecule has 0 heterocycles. The van der Waals surface area contributed by atoms with E-state index in [0.29, 0.717) is 5.88 Å². The van der Waals surface area contributed by atoms with Gasteiger partial charge in [0.25, 0.3) is 0 Å². The fraction of sp³-hybridized carbons (Fsp3) is 0.400. The summed E-state index contributed by atoms with van der Waals surface area (Å²) < 4.78 is 29.0. The molecule has 0 saturated heterocycles. The Hall–Kier alpha value is -0.350. The van der Waals surface area contributed by atoms with E-state index in [9.17, 15) is 8.78 Å². The predicted octanol–water partition coefficient (Wildman–Crippen LogP) is 4.22. The molecule has 0 aliphatic rings. The topological polar surface area (TPSA) is 9.23 Å². The smallest absolute Gasteiger partial charge is 0.387 e. The third-order valence-electron chi connectivity index (χ3n) is 1.76. The lowest BCUT2D eigenvalue weighted by atomic mass is 10.1. The maximum atomic E-state index is 12.0. The molecule has 0 unspecified atom stereocenters. The van der Waals surface area contributed by atoms with Crippen LogP contribution in [-0.2, 0) is 6.42 Å². The summed E-state index contributed by atoms with van der Waals surface area (Å²) in [5.74, 6) is 0.723. The van der Waals surface area contributed by atoms with Crippen molar-refractivity contribution in [3.63, 3.8) is 0 Å². The fourth-order valence-corrected chi connectivity index (χ4v) is 1.86. The minimum Gasteiger partial charge on any atom is -0.435 e.